The summed E-state index contributed by atoms with van der Waals surface area (Å²) in [5.74, 6) is -0.304. The highest BCUT2D eigenvalue weighted by molar-refractivity contribution is 5.76. The summed E-state index contributed by atoms with van der Waals surface area (Å²) in [5, 5.41) is 5.04. The predicted octanol–water partition coefficient (Wildman–Crippen LogP) is 1.16. The molecule has 0 aromatic heterocycles. The van der Waals surface area contributed by atoms with E-state index in [0.29, 0.717) is 6.61 Å². The molecule has 0 radical (unpaired) electrons. The summed E-state index contributed by atoms with van der Waals surface area (Å²) >= 11 is 0. The van der Waals surface area contributed by atoms with Crippen molar-refractivity contribution in [2.75, 3.05) is 13.2 Å². The van der Waals surface area contributed by atoms with Gasteiger partial charge in [-0.3, -0.25) is 4.79 Å². The fraction of sp³-hybridized carbons (Fsp3) is 0.600. The molecule has 0 rings (SSSR count). The van der Waals surface area contributed by atoms with E-state index in [2.05, 4.69) is 10.6 Å². The van der Waals surface area contributed by atoms with Crippen LogP contribution in [0.1, 0.15) is 26.7 Å². The Kier molecular flexibility index (Phi) is 8.13. The van der Waals surface area contributed by atoms with Crippen molar-refractivity contribution >= 4 is 12.0 Å². The normalized spacial score (nSPS) is 10.0. The van der Waals surface area contributed by atoms with Gasteiger partial charge in [0, 0.05) is 12.7 Å². The highest BCUT2D eigenvalue weighted by atomic mass is 16.5. The topological polar surface area (TPSA) is 67.4 Å². The molecule has 0 heterocycles. The number of rotatable bonds is 6. The maximum absolute atomic E-state index is 11.0. The highest BCUT2D eigenvalue weighted by Crippen LogP contribution is 1.84. The number of carbonyl (C=O) groups is 2. The minimum atomic E-state index is -0.316. The van der Waals surface area contributed by atoms with Crippen LogP contribution < -0.4 is 10.6 Å². The number of nitrogens with one attached hydrogen (secondary N) is 2. The Morgan fingerprint density at radius 3 is 2.67 bits per heavy atom. The molecule has 5 heteroatoms. The molecule has 0 fully saturated rings. The third-order valence-electron chi connectivity index (χ3n) is 1.49. The standard InChI is InChI=1S/C10H18N2O3/c1-3-5-7-11-10(14)12-8-6-9(13)15-4-2/h5,7H,3-4,6,8H2,1-2H3,(H2,11,12,14)/b7-5+. The molecule has 0 aromatic rings. The lowest BCUT2D eigenvalue weighted by molar-refractivity contribution is -0.142. The van der Waals surface area contributed by atoms with Gasteiger partial charge in [0.2, 0.25) is 0 Å². The van der Waals surface area contributed by atoms with Crippen LogP contribution in [0.5, 0.6) is 0 Å². The van der Waals surface area contributed by atoms with E-state index >= 15 is 0 Å². The van der Waals surface area contributed by atoms with Crippen molar-refractivity contribution in [1.29, 1.82) is 0 Å². The molecule has 0 atom stereocenters. The fourth-order valence-electron chi connectivity index (χ4n) is 0.815. The van der Waals surface area contributed by atoms with Crippen LogP contribution in [-0.4, -0.2) is 25.2 Å². The second-order valence-electron chi connectivity index (χ2n) is 2.77. The van der Waals surface area contributed by atoms with Crippen LogP contribution in [0.15, 0.2) is 12.3 Å². The predicted molar refractivity (Wildman–Crippen MR) is 57.2 cm³/mol. The monoisotopic (exact) mass is 214 g/mol. The van der Waals surface area contributed by atoms with E-state index in [1.807, 2.05) is 13.0 Å². The molecule has 2 amide bonds. The molecule has 2 N–H and O–H groups in total. The van der Waals surface area contributed by atoms with Crippen molar-refractivity contribution in [3.63, 3.8) is 0 Å². The Balaban J connectivity index is 3.46. The second-order valence-corrected chi connectivity index (χ2v) is 2.77. The lowest BCUT2D eigenvalue weighted by Gasteiger charge is -2.04. The largest absolute Gasteiger partial charge is 0.466 e. The summed E-state index contributed by atoms with van der Waals surface area (Å²) in [5.41, 5.74) is 0. The van der Waals surface area contributed by atoms with E-state index in [9.17, 15) is 9.59 Å². The molecule has 0 saturated heterocycles. The summed E-state index contributed by atoms with van der Waals surface area (Å²) < 4.78 is 4.70. The number of ether oxygens (including phenoxy) is 1. The first-order valence-corrected chi connectivity index (χ1v) is 5.05. The Hall–Kier alpha value is -1.52. The summed E-state index contributed by atoms with van der Waals surface area (Å²) in [6.45, 7) is 4.36. The molecular weight excluding hydrogens is 196 g/mol. The van der Waals surface area contributed by atoms with Crippen LogP contribution in [-0.2, 0) is 9.53 Å². The van der Waals surface area contributed by atoms with Crippen molar-refractivity contribution < 1.29 is 14.3 Å². The van der Waals surface area contributed by atoms with E-state index in [-0.39, 0.29) is 25.0 Å². The van der Waals surface area contributed by atoms with Crippen molar-refractivity contribution in [3.05, 3.63) is 12.3 Å². The average Bonchev–Trinajstić information content (AvgIpc) is 2.18. The lowest BCUT2D eigenvalue weighted by atomic mass is 10.4. The number of allylic oxidation sites excluding steroid dienone is 1. The molecule has 0 aromatic carbocycles. The fourth-order valence-corrected chi connectivity index (χ4v) is 0.815. The maximum Gasteiger partial charge on any atom is 0.318 e. The second kappa shape index (κ2) is 9.05. The number of urea groups is 1. The highest BCUT2D eigenvalue weighted by Gasteiger charge is 2.02. The van der Waals surface area contributed by atoms with Gasteiger partial charge >= 0.3 is 12.0 Å². The SMILES string of the molecule is CC/C=C/NC(=O)NCCC(=O)OCC. The first-order chi connectivity index (χ1) is 7.20. The van der Waals surface area contributed by atoms with Crippen LogP contribution in [0, 0.1) is 0 Å². The summed E-state index contributed by atoms with van der Waals surface area (Å²) in [4.78, 5) is 21.9. The molecule has 0 bridgehead atoms. The zero-order valence-electron chi connectivity index (χ0n) is 9.21. The Morgan fingerprint density at radius 2 is 2.07 bits per heavy atom. The molecular formula is C10H18N2O3. The smallest absolute Gasteiger partial charge is 0.318 e. The molecule has 0 aliphatic rings. The number of amides is 2. The van der Waals surface area contributed by atoms with Crippen LogP contribution in [0.2, 0.25) is 0 Å². The van der Waals surface area contributed by atoms with Gasteiger partial charge in [-0.2, -0.15) is 0 Å². The van der Waals surface area contributed by atoms with Crippen LogP contribution in [0.3, 0.4) is 0 Å². The first-order valence-electron chi connectivity index (χ1n) is 5.05. The van der Waals surface area contributed by atoms with Gasteiger partial charge in [-0.25, -0.2) is 4.79 Å². The molecule has 0 saturated carbocycles. The van der Waals surface area contributed by atoms with Crippen molar-refractivity contribution in [1.82, 2.24) is 10.6 Å². The zero-order valence-corrected chi connectivity index (χ0v) is 9.21. The Labute approximate surface area is 89.9 Å². The first kappa shape index (κ1) is 13.5. The van der Waals surface area contributed by atoms with E-state index in [1.54, 1.807) is 13.1 Å². The van der Waals surface area contributed by atoms with Gasteiger partial charge in [0.15, 0.2) is 0 Å². The van der Waals surface area contributed by atoms with Gasteiger partial charge in [0.05, 0.1) is 13.0 Å². The van der Waals surface area contributed by atoms with Gasteiger partial charge in [0.1, 0.15) is 0 Å². The minimum absolute atomic E-state index is 0.193. The van der Waals surface area contributed by atoms with Gasteiger partial charge in [-0.05, 0) is 13.3 Å². The van der Waals surface area contributed by atoms with Crippen LogP contribution in [0.25, 0.3) is 0 Å². The number of carbonyl (C=O) groups excluding carboxylic acids is 2. The molecule has 5 nitrogen and oxygen atoms in total. The van der Waals surface area contributed by atoms with Crippen molar-refractivity contribution in [2.24, 2.45) is 0 Å². The molecule has 0 aliphatic carbocycles. The lowest BCUT2D eigenvalue weighted by Crippen LogP contribution is -2.33. The number of esters is 1. The molecule has 0 spiro atoms. The van der Waals surface area contributed by atoms with Crippen LogP contribution >= 0.6 is 0 Å². The van der Waals surface area contributed by atoms with Gasteiger partial charge < -0.3 is 15.4 Å². The number of hydrogen-bond acceptors (Lipinski definition) is 3. The summed E-state index contributed by atoms with van der Waals surface area (Å²) in [7, 11) is 0. The summed E-state index contributed by atoms with van der Waals surface area (Å²) in [6, 6.07) is -0.316. The quantitative estimate of drug-likeness (QED) is 0.652. The van der Waals surface area contributed by atoms with E-state index in [0.717, 1.165) is 6.42 Å². The van der Waals surface area contributed by atoms with Gasteiger partial charge in [-0.15, -0.1) is 0 Å². The summed E-state index contributed by atoms with van der Waals surface area (Å²) in [6.07, 6.45) is 4.45. The van der Waals surface area contributed by atoms with Crippen LogP contribution in [0.4, 0.5) is 4.79 Å². The Morgan fingerprint density at radius 1 is 1.33 bits per heavy atom. The van der Waals surface area contributed by atoms with Gasteiger partial charge in [0.25, 0.3) is 0 Å². The van der Waals surface area contributed by atoms with E-state index in [1.165, 1.54) is 0 Å². The third-order valence-corrected chi connectivity index (χ3v) is 1.49. The zero-order chi connectivity index (χ0) is 11.5. The average molecular weight is 214 g/mol. The third kappa shape index (κ3) is 8.80. The molecule has 0 unspecified atom stereocenters. The minimum Gasteiger partial charge on any atom is -0.466 e. The van der Waals surface area contributed by atoms with E-state index < -0.39 is 0 Å². The van der Waals surface area contributed by atoms with Crippen molar-refractivity contribution in [2.45, 2.75) is 26.7 Å². The maximum atomic E-state index is 11.0. The van der Waals surface area contributed by atoms with E-state index in [4.69, 9.17) is 4.74 Å². The van der Waals surface area contributed by atoms with Crippen molar-refractivity contribution in [3.8, 4) is 0 Å². The molecule has 86 valence electrons. The molecule has 15 heavy (non-hydrogen) atoms. The Bertz CT molecular complexity index is 227. The molecule has 0 aliphatic heterocycles. The number of hydrogen-bond donors (Lipinski definition) is 2. The van der Waals surface area contributed by atoms with Gasteiger partial charge in [-0.1, -0.05) is 13.0 Å².